The molecule has 2 rings (SSSR count). The third kappa shape index (κ3) is 4.87. The van der Waals surface area contributed by atoms with Gasteiger partial charge in [-0.05, 0) is 30.5 Å². The highest BCUT2D eigenvalue weighted by molar-refractivity contribution is 5.78. The fourth-order valence-electron chi connectivity index (χ4n) is 2.85. The van der Waals surface area contributed by atoms with Crippen LogP contribution in [0.4, 0.5) is 0 Å². The van der Waals surface area contributed by atoms with E-state index in [1.54, 1.807) is 7.11 Å². The van der Waals surface area contributed by atoms with Gasteiger partial charge in [0, 0.05) is 6.04 Å². The Kier molecular flexibility index (Phi) is 5.90. The third-order valence-electron chi connectivity index (χ3n) is 3.97. The van der Waals surface area contributed by atoms with Gasteiger partial charge >= 0.3 is 0 Å². The van der Waals surface area contributed by atoms with Crippen LogP contribution in [0.25, 0.3) is 0 Å². The van der Waals surface area contributed by atoms with Crippen LogP contribution in [0.15, 0.2) is 24.3 Å². The van der Waals surface area contributed by atoms with Gasteiger partial charge in [0.15, 0.2) is 0 Å². The molecule has 1 aromatic carbocycles. The Hall–Kier alpha value is -1.51. The minimum absolute atomic E-state index is 0.129. The van der Waals surface area contributed by atoms with E-state index in [9.17, 15) is 4.79 Å². The smallest absolute Gasteiger partial charge is 0.224 e. The van der Waals surface area contributed by atoms with Gasteiger partial charge in [0.25, 0.3) is 0 Å². The van der Waals surface area contributed by atoms with Crippen LogP contribution in [0.2, 0.25) is 0 Å². The zero-order valence-electron chi connectivity index (χ0n) is 12.4. The van der Waals surface area contributed by atoms with E-state index in [2.05, 4.69) is 5.32 Å². The fourth-order valence-corrected chi connectivity index (χ4v) is 2.85. The highest BCUT2D eigenvalue weighted by atomic mass is 16.5. The van der Waals surface area contributed by atoms with Crippen LogP contribution in [-0.4, -0.2) is 19.1 Å². The Balaban J connectivity index is 1.84. The largest absolute Gasteiger partial charge is 0.497 e. The number of amides is 1. The predicted molar refractivity (Wildman–Crippen MR) is 80.9 cm³/mol. The molecule has 0 heterocycles. The van der Waals surface area contributed by atoms with Crippen molar-refractivity contribution in [3.8, 4) is 5.75 Å². The van der Waals surface area contributed by atoms with E-state index in [4.69, 9.17) is 4.74 Å². The SMILES string of the molecule is COc1cccc(CC(=O)NC2CCCCCCC2)c1. The normalized spacial score (nSPS) is 17.1. The molecule has 1 N–H and O–H groups in total. The van der Waals surface area contributed by atoms with E-state index in [0.717, 1.165) is 24.2 Å². The topological polar surface area (TPSA) is 38.3 Å². The lowest BCUT2D eigenvalue weighted by Gasteiger charge is -2.21. The van der Waals surface area contributed by atoms with Gasteiger partial charge in [-0.15, -0.1) is 0 Å². The molecule has 0 atom stereocenters. The van der Waals surface area contributed by atoms with Gasteiger partial charge in [-0.2, -0.15) is 0 Å². The molecule has 0 bridgehead atoms. The summed E-state index contributed by atoms with van der Waals surface area (Å²) in [6.07, 6.45) is 9.14. The summed E-state index contributed by atoms with van der Waals surface area (Å²) in [5.41, 5.74) is 1.01. The Labute approximate surface area is 121 Å². The molecule has 20 heavy (non-hydrogen) atoms. The van der Waals surface area contributed by atoms with Crippen LogP contribution in [0, 0.1) is 0 Å². The van der Waals surface area contributed by atoms with Gasteiger partial charge in [0.1, 0.15) is 5.75 Å². The monoisotopic (exact) mass is 275 g/mol. The van der Waals surface area contributed by atoms with Crippen LogP contribution in [-0.2, 0) is 11.2 Å². The number of nitrogens with one attached hydrogen (secondary N) is 1. The molecule has 0 aromatic heterocycles. The molecular weight excluding hydrogens is 250 g/mol. The van der Waals surface area contributed by atoms with Crippen molar-refractivity contribution in [1.82, 2.24) is 5.32 Å². The standard InChI is InChI=1S/C17H25NO2/c1-20-16-11-7-8-14(12-16)13-17(19)18-15-9-5-3-2-4-6-10-15/h7-8,11-12,15H,2-6,9-10,13H2,1H3,(H,18,19). The highest BCUT2D eigenvalue weighted by Crippen LogP contribution is 2.17. The lowest BCUT2D eigenvalue weighted by atomic mass is 9.96. The van der Waals surface area contributed by atoms with Crippen molar-refractivity contribution < 1.29 is 9.53 Å². The van der Waals surface area contributed by atoms with Gasteiger partial charge in [0.05, 0.1) is 13.5 Å². The minimum atomic E-state index is 0.129. The Morgan fingerprint density at radius 2 is 1.90 bits per heavy atom. The molecule has 1 aliphatic carbocycles. The highest BCUT2D eigenvalue weighted by Gasteiger charge is 2.14. The second kappa shape index (κ2) is 7.93. The number of hydrogen-bond acceptors (Lipinski definition) is 2. The van der Waals surface area contributed by atoms with Crippen molar-refractivity contribution in [2.45, 2.75) is 57.4 Å². The average molecular weight is 275 g/mol. The fraction of sp³-hybridized carbons (Fsp3) is 0.588. The summed E-state index contributed by atoms with van der Waals surface area (Å²) in [5, 5.41) is 3.19. The first kappa shape index (κ1) is 14.9. The lowest BCUT2D eigenvalue weighted by Crippen LogP contribution is -2.36. The number of rotatable bonds is 4. The second-order valence-corrected chi connectivity index (χ2v) is 5.64. The zero-order chi connectivity index (χ0) is 14.2. The predicted octanol–water partition coefficient (Wildman–Crippen LogP) is 3.47. The summed E-state index contributed by atoms with van der Waals surface area (Å²) in [6.45, 7) is 0. The van der Waals surface area contributed by atoms with Crippen molar-refractivity contribution in [2.75, 3.05) is 7.11 Å². The average Bonchev–Trinajstić information content (AvgIpc) is 2.42. The van der Waals surface area contributed by atoms with Gasteiger partial charge in [-0.25, -0.2) is 0 Å². The van der Waals surface area contributed by atoms with Crippen molar-refractivity contribution in [2.24, 2.45) is 0 Å². The molecule has 0 saturated heterocycles. The van der Waals surface area contributed by atoms with Crippen LogP contribution in [0.5, 0.6) is 5.75 Å². The van der Waals surface area contributed by atoms with Crippen LogP contribution in [0.3, 0.4) is 0 Å². The van der Waals surface area contributed by atoms with E-state index >= 15 is 0 Å². The number of carbonyl (C=O) groups is 1. The van der Waals surface area contributed by atoms with Gasteiger partial charge in [0.2, 0.25) is 5.91 Å². The van der Waals surface area contributed by atoms with Gasteiger partial charge in [-0.3, -0.25) is 4.79 Å². The van der Waals surface area contributed by atoms with Gasteiger partial charge < -0.3 is 10.1 Å². The molecule has 1 amide bonds. The summed E-state index contributed by atoms with van der Waals surface area (Å²) in [4.78, 5) is 12.1. The zero-order valence-corrected chi connectivity index (χ0v) is 12.4. The van der Waals surface area contributed by atoms with E-state index in [0.29, 0.717) is 12.5 Å². The minimum Gasteiger partial charge on any atom is -0.497 e. The van der Waals surface area contributed by atoms with Crippen LogP contribution < -0.4 is 10.1 Å². The molecule has 110 valence electrons. The van der Waals surface area contributed by atoms with E-state index in [1.165, 1.54) is 32.1 Å². The number of methoxy groups -OCH3 is 1. The molecule has 0 unspecified atom stereocenters. The summed E-state index contributed by atoms with van der Waals surface area (Å²) < 4.78 is 5.19. The number of hydrogen-bond donors (Lipinski definition) is 1. The molecular formula is C17H25NO2. The van der Waals surface area contributed by atoms with E-state index in [-0.39, 0.29) is 5.91 Å². The summed E-state index contributed by atoms with van der Waals surface area (Å²) in [5.74, 6) is 0.935. The molecule has 1 fully saturated rings. The molecule has 0 radical (unpaired) electrons. The van der Waals surface area contributed by atoms with Crippen molar-refractivity contribution in [3.63, 3.8) is 0 Å². The van der Waals surface area contributed by atoms with Crippen LogP contribution >= 0.6 is 0 Å². The number of carbonyl (C=O) groups excluding carboxylic acids is 1. The number of ether oxygens (including phenoxy) is 1. The van der Waals surface area contributed by atoms with Crippen molar-refractivity contribution >= 4 is 5.91 Å². The van der Waals surface area contributed by atoms with E-state index < -0.39 is 0 Å². The van der Waals surface area contributed by atoms with Crippen molar-refractivity contribution in [3.05, 3.63) is 29.8 Å². The van der Waals surface area contributed by atoms with E-state index in [1.807, 2.05) is 24.3 Å². The molecule has 3 nitrogen and oxygen atoms in total. The maximum atomic E-state index is 12.1. The first-order chi connectivity index (χ1) is 9.78. The quantitative estimate of drug-likeness (QED) is 0.913. The molecule has 1 aliphatic rings. The molecule has 1 aromatic rings. The second-order valence-electron chi connectivity index (χ2n) is 5.64. The molecule has 0 aliphatic heterocycles. The summed E-state index contributed by atoms with van der Waals surface area (Å²) in [7, 11) is 1.65. The molecule has 0 spiro atoms. The molecule has 3 heteroatoms. The lowest BCUT2D eigenvalue weighted by molar-refractivity contribution is -0.121. The molecule has 1 saturated carbocycles. The van der Waals surface area contributed by atoms with Crippen LogP contribution in [0.1, 0.15) is 50.5 Å². The Bertz CT molecular complexity index is 423. The number of benzene rings is 1. The first-order valence-corrected chi connectivity index (χ1v) is 7.70. The van der Waals surface area contributed by atoms with Crippen molar-refractivity contribution in [1.29, 1.82) is 0 Å². The third-order valence-corrected chi connectivity index (χ3v) is 3.97. The first-order valence-electron chi connectivity index (χ1n) is 7.70. The Morgan fingerprint density at radius 1 is 1.20 bits per heavy atom. The Morgan fingerprint density at radius 3 is 2.60 bits per heavy atom. The van der Waals surface area contributed by atoms with Gasteiger partial charge in [-0.1, -0.05) is 44.2 Å². The summed E-state index contributed by atoms with van der Waals surface area (Å²) in [6, 6.07) is 8.10. The summed E-state index contributed by atoms with van der Waals surface area (Å²) >= 11 is 0. The maximum Gasteiger partial charge on any atom is 0.224 e. The maximum absolute atomic E-state index is 12.1.